The number of aliphatic imine (C=N–C) groups is 1. The third kappa shape index (κ3) is 6.92. The Balaban J connectivity index is 0.00000300. The van der Waals surface area contributed by atoms with Crippen LogP contribution < -0.4 is 10.6 Å². The van der Waals surface area contributed by atoms with Gasteiger partial charge >= 0.3 is 0 Å². The molecular formula is C20H30IN5OS2. The molecule has 1 amide bonds. The zero-order chi connectivity index (χ0) is 19.9. The normalized spacial score (nSPS) is 16.6. The fourth-order valence-electron chi connectivity index (χ4n) is 3.25. The minimum absolute atomic E-state index is 0. The van der Waals surface area contributed by atoms with E-state index in [1.807, 2.05) is 18.7 Å². The van der Waals surface area contributed by atoms with E-state index in [9.17, 15) is 4.79 Å². The number of carbonyl (C=O) groups is 1. The minimum Gasteiger partial charge on any atom is -0.357 e. The topological polar surface area (TPSA) is 69.6 Å². The first kappa shape index (κ1) is 24.1. The lowest BCUT2D eigenvalue weighted by atomic mass is 10.3. The van der Waals surface area contributed by atoms with E-state index in [4.69, 9.17) is 4.99 Å². The number of nitrogens with one attached hydrogen (secondary N) is 2. The Morgan fingerprint density at radius 3 is 2.90 bits per heavy atom. The van der Waals surface area contributed by atoms with Gasteiger partial charge in [-0.3, -0.25) is 9.79 Å². The van der Waals surface area contributed by atoms with Crippen LogP contribution in [0.5, 0.6) is 0 Å². The average Bonchev–Trinajstić information content (AvgIpc) is 3.42. The zero-order valence-electron chi connectivity index (χ0n) is 17.2. The molecule has 0 radical (unpaired) electrons. The second kappa shape index (κ2) is 11.8. The van der Waals surface area contributed by atoms with Gasteiger partial charge in [-0.15, -0.1) is 46.7 Å². The molecule has 1 fully saturated rings. The van der Waals surface area contributed by atoms with Gasteiger partial charge in [0.1, 0.15) is 0 Å². The number of likely N-dealkylation sites (tertiary alicyclic amines) is 1. The number of rotatable bonds is 7. The average molecular weight is 548 g/mol. The fraction of sp³-hybridized carbons (Fsp3) is 0.550. The molecule has 2 N–H and O–H groups in total. The molecule has 1 saturated heterocycles. The standard InChI is InChI=1S/C20H29N5OS2.HI/c1-4-19(26)25-11-9-15(12-25)24-20(21-5-2)22-10-8-16-6-7-18(28-16)17-13-27-14(3)23-17;/h6-7,13,15H,4-5,8-12H2,1-3H3,(H2,21,22,24);1H. The van der Waals surface area contributed by atoms with Gasteiger partial charge in [0.15, 0.2) is 5.96 Å². The second-order valence-corrected chi connectivity index (χ2v) is 9.08. The van der Waals surface area contributed by atoms with Crippen LogP contribution >= 0.6 is 46.7 Å². The van der Waals surface area contributed by atoms with E-state index in [1.165, 1.54) is 9.75 Å². The Kier molecular flexibility index (Phi) is 9.84. The van der Waals surface area contributed by atoms with Crippen LogP contribution in [0.4, 0.5) is 0 Å². The van der Waals surface area contributed by atoms with Crippen LogP contribution in [0, 0.1) is 6.92 Å². The summed E-state index contributed by atoms with van der Waals surface area (Å²) in [5, 5.41) is 10.0. The predicted molar refractivity (Wildman–Crippen MR) is 134 cm³/mol. The van der Waals surface area contributed by atoms with Gasteiger partial charge < -0.3 is 15.5 Å². The summed E-state index contributed by atoms with van der Waals surface area (Å²) in [6.45, 7) is 9.17. The van der Waals surface area contributed by atoms with Gasteiger partial charge in [0.05, 0.1) is 15.6 Å². The molecule has 2 aromatic rings. The van der Waals surface area contributed by atoms with E-state index < -0.39 is 0 Å². The summed E-state index contributed by atoms with van der Waals surface area (Å²) in [5.74, 6) is 1.07. The Morgan fingerprint density at radius 1 is 1.38 bits per heavy atom. The van der Waals surface area contributed by atoms with Crippen molar-refractivity contribution in [3.8, 4) is 10.6 Å². The van der Waals surface area contributed by atoms with Crippen molar-refractivity contribution in [1.82, 2.24) is 20.5 Å². The quantitative estimate of drug-likeness (QED) is 0.314. The number of halogens is 1. The van der Waals surface area contributed by atoms with Crippen LogP contribution in [0.15, 0.2) is 22.5 Å². The van der Waals surface area contributed by atoms with E-state index >= 15 is 0 Å². The Bertz CT molecular complexity index is 819. The van der Waals surface area contributed by atoms with Crippen molar-refractivity contribution in [1.29, 1.82) is 0 Å². The van der Waals surface area contributed by atoms with Gasteiger partial charge in [0, 0.05) is 55.3 Å². The van der Waals surface area contributed by atoms with Gasteiger partial charge in [-0.2, -0.15) is 0 Å². The van der Waals surface area contributed by atoms with Crippen LogP contribution in [-0.2, 0) is 11.2 Å². The zero-order valence-corrected chi connectivity index (χ0v) is 21.2. The van der Waals surface area contributed by atoms with Crippen molar-refractivity contribution in [2.45, 2.75) is 46.1 Å². The van der Waals surface area contributed by atoms with Crippen molar-refractivity contribution < 1.29 is 4.79 Å². The maximum Gasteiger partial charge on any atom is 0.222 e. The molecular weight excluding hydrogens is 517 g/mol. The maximum absolute atomic E-state index is 11.9. The van der Waals surface area contributed by atoms with Gasteiger partial charge in [0.2, 0.25) is 5.91 Å². The van der Waals surface area contributed by atoms with Crippen LogP contribution in [0.25, 0.3) is 10.6 Å². The van der Waals surface area contributed by atoms with Crippen LogP contribution in [-0.4, -0.2) is 54.0 Å². The lowest BCUT2D eigenvalue weighted by molar-refractivity contribution is -0.129. The smallest absolute Gasteiger partial charge is 0.222 e. The summed E-state index contributed by atoms with van der Waals surface area (Å²) in [4.78, 5) is 25.6. The number of thiophene rings is 1. The molecule has 160 valence electrons. The van der Waals surface area contributed by atoms with E-state index in [2.05, 4.69) is 40.1 Å². The molecule has 1 atom stereocenters. The highest BCUT2D eigenvalue weighted by molar-refractivity contribution is 14.0. The van der Waals surface area contributed by atoms with Gasteiger partial charge in [-0.1, -0.05) is 6.92 Å². The van der Waals surface area contributed by atoms with Gasteiger partial charge in [-0.05, 0) is 32.4 Å². The van der Waals surface area contributed by atoms with Crippen LogP contribution in [0.2, 0.25) is 0 Å². The first-order valence-electron chi connectivity index (χ1n) is 9.92. The summed E-state index contributed by atoms with van der Waals surface area (Å²) in [5.41, 5.74) is 1.07. The highest BCUT2D eigenvalue weighted by Gasteiger charge is 2.25. The molecule has 0 spiro atoms. The Morgan fingerprint density at radius 2 is 2.21 bits per heavy atom. The Labute approximate surface area is 198 Å². The lowest BCUT2D eigenvalue weighted by Gasteiger charge is -2.18. The number of carbonyl (C=O) groups excluding carboxylic acids is 1. The van der Waals surface area contributed by atoms with Crippen molar-refractivity contribution in [3.05, 3.63) is 27.4 Å². The third-order valence-electron chi connectivity index (χ3n) is 4.69. The van der Waals surface area contributed by atoms with E-state index in [-0.39, 0.29) is 35.9 Å². The summed E-state index contributed by atoms with van der Waals surface area (Å²) in [6, 6.07) is 4.60. The molecule has 0 bridgehead atoms. The Hall–Kier alpha value is -1.20. The number of aromatic nitrogens is 1. The predicted octanol–water partition coefficient (Wildman–Crippen LogP) is 3.91. The number of aryl methyl sites for hydroxylation is 1. The molecule has 1 aliphatic rings. The van der Waals surface area contributed by atoms with Crippen LogP contribution in [0.3, 0.4) is 0 Å². The van der Waals surface area contributed by atoms with E-state index in [0.717, 1.165) is 55.7 Å². The molecule has 3 heterocycles. The maximum atomic E-state index is 11.9. The van der Waals surface area contributed by atoms with Crippen molar-refractivity contribution in [2.75, 3.05) is 26.2 Å². The minimum atomic E-state index is 0. The van der Waals surface area contributed by atoms with Gasteiger partial charge in [-0.25, -0.2) is 4.98 Å². The summed E-state index contributed by atoms with van der Waals surface area (Å²) in [6.07, 6.45) is 2.46. The number of amides is 1. The molecule has 3 rings (SSSR count). The first-order chi connectivity index (χ1) is 13.6. The lowest BCUT2D eigenvalue weighted by Crippen LogP contribution is -2.45. The van der Waals surface area contributed by atoms with E-state index in [0.29, 0.717) is 6.42 Å². The molecule has 9 heteroatoms. The van der Waals surface area contributed by atoms with Crippen molar-refractivity contribution in [3.63, 3.8) is 0 Å². The summed E-state index contributed by atoms with van der Waals surface area (Å²) < 4.78 is 0. The molecule has 2 aromatic heterocycles. The van der Waals surface area contributed by atoms with Crippen LogP contribution in [0.1, 0.15) is 36.6 Å². The number of hydrogen-bond acceptors (Lipinski definition) is 5. The first-order valence-corrected chi connectivity index (χ1v) is 11.6. The largest absolute Gasteiger partial charge is 0.357 e. The monoisotopic (exact) mass is 547 g/mol. The van der Waals surface area contributed by atoms with E-state index in [1.54, 1.807) is 22.7 Å². The molecule has 0 saturated carbocycles. The van der Waals surface area contributed by atoms with Crippen molar-refractivity contribution in [2.24, 2.45) is 4.99 Å². The van der Waals surface area contributed by atoms with Gasteiger partial charge in [0.25, 0.3) is 0 Å². The summed E-state index contributed by atoms with van der Waals surface area (Å²) >= 11 is 3.48. The second-order valence-electron chi connectivity index (χ2n) is 6.85. The molecule has 0 aromatic carbocycles. The number of thiazole rings is 1. The third-order valence-corrected chi connectivity index (χ3v) is 6.63. The molecule has 6 nitrogen and oxygen atoms in total. The summed E-state index contributed by atoms with van der Waals surface area (Å²) in [7, 11) is 0. The molecule has 1 aliphatic heterocycles. The number of hydrogen-bond donors (Lipinski definition) is 2. The van der Waals surface area contributed by atoms with Crippen molar-refractivity contribution >= 4 is 58.5 Å². The molecule has 0 aliphatic carbocycles. The fourth-order valence-corrected chi connectivity index (χ4v) is 4.89. The molecule has 29 heavy (non-hydrogen) atoms. The highest BCUT2D eigenvalue weighted by atomic mass is 127. The number of guanidine groups is 1. The SMILES string of the molecule is CCNC(=NCCc1ccc(-c2csc(C)n2)s1)NC1CCN(C(=O)CC)C1.I. The molecule has 1 unspecified atom stereocenters. The number of nitrogens with zero attached hydrogens (tertiary/aromatic N) is 3. The highest BCUT2D eigenvalue weighted by Crippen LogP contribution is 2.29.